The summed E-state index contributed by atoms with van der Waals surface area (Å²) in [5.41, 5.74) is 0.779. The number of carbonyl (C=O) groups is 1. The largest absolute Gasteiger partial charge is 0.444 e. The number of likely N-dealkylation sites (tertiary alicyclic amines) is 1. The molecule has 0 aliphatic carbocycles. The molecule has 1 amide bonds. The average Bonchev–Trinajstić information content (AvgIpc) is 2.88. The summed E-state index contributed by atoms with van der Waals surface area (Å²) in [6.45, 7) is 7.71. The number of aliphatic imine (C=N–C) groups is 1. The van der Waals surface area contributed by atoms with Gasteiger partial charge in [-0.25, -0.2) is 4.79 Å². The van der Waals surface area contributed by atoms with E-state index >= 15 is 0 Å². The Morgan fingerprint density at radius 1 is 1.44 bits per heavy atom. The predicted octanol–water partition coefficient (Wildman–Crippen LogP) is 1.14. The van der Waals surface area contributed by atoms with E-state index in [-0.39, 0.29) is 12.1 Å². The fraction of sp³-hybridized carbons (Fsp3) is 0.706. The van der Waals surface area contributed by atoms with Crippen LogP contribution in [0.3, 0.4) is 0 Å². The second-order valence-corrected chi connectivity index (χ2v) is 7.35. The zero-order valence-electron chi connectivity index (χ0n) is 15.9. The Kier molecular flexibility index (Phi) is 6.27. The molecule has 25 heavy (non-hydrogen) atoms. The summed E-state index contributed by atoms with van der Waals surface area (Å²) in [5.74, 6) is 0.764. The number of hydrogen-bond donors (Lipinski definition) is 2. The van der Waals surface area contributed by atoms with E-state index in [1.165, 1.54) is 5.56 Å². The Bertz CT molecular complexity index is 599. The van der Waals surface area contributed by atoms with Crippen LogP contribution in [0, 0.1) is 0 Å². The monoisotopic (exact) mass is 350 g/mol. The molecule has 1 aliphatic heterocycles. The maximum Gasteiger partial charge on any atom is 0.410 e. The maximum absolute atomic E-state index is 11.9. The summed E-state index contributed by atoms with van der Waals surface area (Å²) >= 11 is 0. The topological polar surface area (TPSA) is 83.8 Å². The lowest BCUT2D eigenvalue weighted by Crippen LogP contribution is -2.63. The first-order chi connectivity index (χ1) is 11.8. The van der Waals surface area contributed by atoms with Gasteiger partial charge in [-0.2, -0.15) is 5.10 Å². The van der Waals surface area contributed by atoms with Gasteiger partial charge in [-0.3, -0.25) is 9.67 Å². The summed E-state index contributed by atoms with van der Waals surface area (Å²) in [5, 5.41) is 10.8. The Morgan fingerprint density at radius 2 is 2.16 bits per heavy atom. The molecular formula is C17H30N6O2. The van der Waals surface area contributed by atoms with Gasteiger partial charge in [0.1, 0.15) is 5.60 Å². The third kappa shape index (κ3) is 6.28. The number of nitrogens with zero attached hydrogens (tertiary/aromatic N) is 4. The highest BCUT2D eigenvalue weighted by Crippen LogP contribution is 2.15. The Balaban J connectivity index is 1.62. The zero-order chi connectivity index (χ0) is 18.4. The van der Waals surface area contributed by atoms with Gasteiger partial charge in [-0.05, 0) is 39.2 Å². The van der Waals surface area contributed by atoms with Crippen molar-refractivity contribution in [3.05, 3.63) is 18.0 Å². The first kappa shape index (κ1) is 19.1. The van der Waals surface area contributed by atoms with E-state index in [0.29, 0.717) is 13.1 Å². The summed E-state index contributed by atoms with van der Waals surface area (Å²) in [4.78, 5) is 17.8. The first-order valence-corrected chi connectivity index (χ1v) is 8.69. The molecule has 0 atom stereocenters. The van der Waals surface area contributed by atoms with Gasteiger partial charge in [0.2, 0.25) is 0 Å². The maximum atomic E-state index is 11.9. The van der Waals surface area contributed by atoms with Crippen LogP contribution in [0.4, 0.5) is 4.79 Å². The molecule has 140 valence electrons. The van der Waals surface area contributed by atoms with Gasteiger partial charge >= 0.3 is 6.09 Å². The van der Waals surface area contributed by atoms with Crippen molar-refractivity contribution in [1.29, 1.82) is 0 Å². The van der Waals surface area contributed by atoms with Crippen LogP contribution in [0.1, 0.15) is 32.8 Å². The van der Waals surface area contributed by atoms with Crippen molar-refractivity contribution in [3.63, 3.8) is 0 Å². The normalized spacial score (nSPS) is 15.7. The van der Waals surface area contributed by atoms with Crippen LogP contribution in [0.2, 0.25) is 0 Å². The molecule has 0 bridgehead atoms. The highest BCUT2D eigenvalue weighted by molar-refractivity contribution is 5.80. The number of ether oxygens (including phenoxy) is 1. The standard InChI is InChI=1S/C17H30N6O2/c1-17(2,3)25-16(24)23-11-14(12-23)21-15(18-4)19-8-6-7-13-9-20-22(5)10-13/h9-10,14H,6-8,11-12H2,1-5H3,(H2,18,19,21). The molecule has 2 heterocycles. The fourth-order valence-electron chi connectivity index (χ4n) is 2.53. The number of rotatable bonds is 5. The van der Waals surface area contributed by atoms with Crippen molar-refractivity contribution in [2.75, 3.05) is 26.7 Å². The molecule has 0 saturated carbocycles. The number of aromatic nitrogens is 2. The first-order valence-electron chi connectivity index (χ1n) is 8.69. The minimum atomic E-state index is -0.457. The number of aryl methyl sites for hydroxylation is 2. The number of amides is 1. The molecule has 0 spiro atoms. The van der Waals surface area contributed by atoms with E-state index < -0.39 is 5.60 Å². The van der Waals surface area contributed by atoms with Crippen LogP contribution < -0.4 is 10.6 Å². The summed E-state index contributed by atoms with van der Waals surface area (Å²) in [6.07, 6.45) is 5.65. The molecule has 1 fully saturated rings. The lowest BCUT2D eigenvalue weighted by Gasteiger charge is -2.40. The Morgan fingerprint density at radius 3 is 2.72 bits per heavy atom. The third-order valence-electron chi connectivity index (χ3n) is 3.79. The van der Waals surface area contributed by atoms with E-state index in [1.54, 1.807) is 11.9 Å². The summed E-state index contributed by atoms with van der Waals surface area (Å²) < 4.78 is 7.17. The molecule has 1 aliphatic rings. The van der Waals surface area contributed by atoms with Crippen LogP contribution in [0.15, 0.2) is 17.4 Å². The summed E-state index contributed by atoms with van der Waals surface area (Å²) in [6, 6.07) is 0.206. The number of carbonyl (C=O) groups excluding carboxylic acids is 1. The molecule has 1 saturated heterocycles. The molecule has 1 aromatic rings. The van der Waals surface area contributed by atoms with Crippen LogP contribution >= 0.6 is 0 Å². The molecule has 2 N–H and O–H groups in total. The second kappa shape index (κ2) is 8.22. The van der Waals surface area contributed by atoms with Gasteiger partial charge in [0.25, 0.3) is 0 Å². The highest BCUT2D eigenvalue weighted by Gasteiger charge is 2.34. The Hall–Kier alpha value is -2.25. The lowest BCUT2D eigenvalue weighted by atomic mass is 10.1. The summed E-state index contributed by atoms with van der Waals surface area (Å²) in [7, 11) is 3.67. The second-order valence-electron chi connectivity index (χ2n) is 7.35. The molecule has 2 rings (SSSR count). The Labute approximate surface area is 149 Å². The number of guanidine groups is 1. The van der Waals surface area contributed by atoms with Gasteiger partial charge in [0, 0.05) is 39.9 Å². The smallest absolute Gasteiger partial charge is 0.410 e. The van der Waals surface area contributed by atoms with E-state index in [4.69, 9.17) is 4.74 Å². The SMILES string of the molecule is CN=C(NCCCc1cnn(C)c1)NC1CN(C(=O)OC(C)(C)C)C1. The van der Waals surface area contributed by atoms with Gasteiger partial charge < -0.3 is 20.3 Å². The van der Waals surface area contributed by atoms with Gasteiger partial charge in [-0.1, -0.05) is 0 Å². The van der Waals surface area contributed by atoms with Crippen LogP contribution in [-0.4, -0.2) is 65.1 Å². The van der Waals surface area contributed by atoms with Crippen molar-refractivity contribution >= 4 is 12.1 Å². The van der Waals surface area contributed by atoms with E-state index in [9.17, 15) is 4.79 Å². The molecule has 0 aromatic carbocycles. The van der Waals surface area contributed by atoms with Crippen molar-refractivity contribution < 1.29 is 9.53 Å². The molecule has 8 nitrogen and oxygen atoms in total. The lowest BCUT2D eigenvalue weighted by molar-refractivity contribution is 0.00701. The van der Waals surface area contributed by atoms with Crippen molar-refractivity contribution in [1.82, 2.24) is 25.3 Å². The van der Waals surface area contributed by atoms with E-state index in [2.05, 4.69) is 20.7 Å². The van der Waals surface area contributed by atoms with Gasteiger partial charge in [0.05, 0.1) is 12.2 Å². The van der Waals surface area contributed by atoms with Crippen LogP contribution in [-0.2, 0) is 18.2 Å². The molecule has 0 radical (unpaired) electrons. The van der Waals surface area contributed by atoms with Crippen molar-refractivity contribution in [2.45, 2.75) is 45.3 Å². The quantitative estimate of drug-likeness (QED) is 0.473. The van der Waals surface area contributed by atoms with Crippen molar-refractivity contribution in [2.24, 2.45) is 12.0 Å². The average molecular weight is 350 g/mol. The number of nitrogens with one attached hydrogen (secondary N) is 2. The minimum absolute atomic E-state index is 0.206. The highest BCUT2D eigenvalue weighted by atomic mass is 16.6. The van der Waals surface area contributed by atoms with E-state index in [1.807, 2.05) is 44.9 Å². The molecule has 0 unspecified atom stereocenters. The zero-order valence-corrected chi connectivity index (χ0v) is 15.9. The van der Waals surface area contributed by atoms with Gasteiger partial charge in [0.15, 0.2) is 5.96 Å². The molecule has 8 heteroatoms. The fourth-order valence-corrected chi connectivity index (χ4v) is 2.53. The van der Waals surface area contributed by atoms with Gasteiger partial charge in [-0.15, -0.1) is 0 Å². The van der Waals surface area contributed by atoms with Crippen LogP contribution in [0.5, 0.6) is 0 Å². The minimum Gasteiger partial charge on any atom is -0.444 e. The van der Waals surface area contributed by atoms with Crippen LogP contribution in [0.25, 0.3) is 0 Å². The number of hydrogen-bond acceptors (Lipinski definition) is 4. The molecular weight excluding hydrogens is 320 g/mol. The van der Waals surface area contributed by atoms with Crippen molar-refractivity contribution in [3.8, 4) is 0 Å². The predicted molar refractivity (Wildman–Crippen MR) is 97.6 cm³/mol. The molecule has 1 aromatic heterocycles. The third-order valence-corrected chi connectivity index (χ3v) is 3.79. The van der Waals surface area contributed by atoms with E-state index in [0.717, 1.165) is 25.3 Å².